The van der Waals surface area contributed by atoms with Gasteiger partial charge in [0.1, 0.15) is 15.6 Å². The first-order valence-corrected chi connectivity index (χ1v) is 16.4. The van der Waals surface area contributed by atoms with Crippen LogP contribution in [0.15, 0.2) is 52.9 Å². The average Bonchev–Trinajstić information content (AvgIpc) is 3.68. The van der Waals surface area contributed by atoms with E-state index in [2.05, 4.69) is 50.2 Å². The number of sulfonamides is 1. The predicted octanol–water partition coefficient (Wildman–Crippen LogP) is 6.37. The van der Waals surface area contributed by atoms with Crippen LogP contribution in [-0.2, 0) is 23.2 Å². The van der Waals surface area contributed by atoms with E-state index in [-0.39, 0.29) is 15.9 Å². The first-order valence-electron chi connectivity index (χ1n) is 14.1. The predicted molar refractivity (Wildman–Crippen MR) is 154 cm³/mol. The zero-order valence-corrected chi connectivity index (χ0v) is 24.5. The quantitative estimate of drug-likeness (QED) is 0.257. The van der Waals surface area contributed by atoms with Gasteiger partial charge in [-0.25, -0.2) is 13.1 Å². The summed E-state index contributed by atoms with van der Waals surface area (Å²) >= 11 is 0.935. The second kappa shape index (κ2) is 11.2. The molecule has 0 bridgehead atoms. The number of alkyl halides is 3. The van der Waals surface area contributed by atoms with Crippen molar-refractivity contribution in [2.45, 2.75) is 60.9 Å². The minimum absolute atomic E-state index is 0.0897. The fraction of sp³-hybridized carbons (Fsp3) is 0.483. The molecule has 0 amide bonds. The van der Waals surface area contributed by atoms with Gasteiger partial charge in [0.15, 0.2) is 0 Å². The van der Waals surface area contributed by atoms with Crippen molar-refractivity contribution in [1.29, 1.82) is 0 Å². The topological polar surface area (TPSA) is 83.0 Å². The summed E-state index contributed by atoms with van der Waals surface area (Å²) in [6.45, 7) is 3.22. The lowest BCUT2D eigenvalue weighted by Gasteiger charge is -2.36. The third kappa shape index (κ3) is 6.11. The van der Waals surface area contributed by atoms with Gasteiger partial charge in [-0.3, -0.25) is 4.68 Å². The molecule has 1 aliphatic carbocycles. The van der Waals surface area contributed by atoms with Crippen molar-refractivity contribution in [2.24, 2.45) is 13.0 Å². The Balaban J connectivity index is 0.987. The Kier molecular flexibility index (Phi) is 7.77. The van der Waals surface area contributed by atoms with Gasteiger partial charge in [-0.15, -0.1) is 11.3 Å². The van der Waals surface area contributed by atoms with Crippen molar-refractivity contribution >= 4 is 32.3 Å². The summed E-state index contributed by atoms with van der Waals surface area (Å²) in [6.07, 6.45) is 3.45. The minimum atomic E-state index is -4.53. The number of hydrogen-bond acceptors (Lipinski definition) is 5. The summed E-state index contributed by atoms with van der Waals surface area (Å²) in [6, 6.07) is 12.2. The highest BCUT2D eigenvalue weighted by molar-refractivity contribution is 7.91. The van der Waals surface area contributed by atoms with E-state index in [0.717, 1.165) is 80.2 Å². The lowest BCUT2D eigenvalue weighted by atomic mass is 9.84. The van der Waals surface area contributed by atoms with Gasteiger partial charge >= 0.3 is 6.18 Å². The van der Waals surface area contributed by atoms with E-state index in [1.165, 1.54) is 35.6 Å². The number of rotatable bonds is 7. The number of halogens is 3. The number of H-pyrrole nitrogens is 1. The molecule has 2 fully saturated rings. The number of benzene rings is 1. The van der Waals surface area contributed by atoms with E-state index in [1.807, 2.05) is 0 Å². The molecular weight excluding hydrogens is 571 g/mol. The van der Waals surface area contributed by atoms with Gasteiger partial charge in [-0.1, -0.05) is 18.2 Å². The number of fused-ring (bicyclic) bond motifs is 1. The fourth-order valence-corrected chi connectivity index (χ4v) is 9.00. The van der Waals surface area contributed by atoms with E-state index >= 15 is 0 Å². The summed E-state index contributed by atoms with van der Waals surface area (Å²) < 4.78 is 69.3. The standard InChI is InChI=1S/C29H34F3N5O2S2/c1-36-27(29(30,31)32)16-25(34-36)26-10-11-28(40-26)41(38,39)35-21-8-6-19(7-9-21)18-37-14-12-20(13-15-37)23-17-33-24-5-3-2-4-22(23)24/h2-5,10-11,16-17,19-21,33,35H,6-9,12-15,18H2,1H3. The number of nitrogens with zero attached hydrogens (tertiary/aromatic N) is 3. The Morgan fingerprint density at radius 1 is 1.05 bits per heavy atom. The van der Waals surface area contributed by atoms with Crippen LogP contribution in [0.3, 0.4) is 0 Å². The number of aromatic nitrogens is 3. The molecule has 0 spiro atoms. The van der Waals surface area contributed by atoms with Gasteiger partial charge in [0.2, 0.25) is 10.0 Å². The van der Waals surface area contributed by atoms with Crippen LogP contribution in [0.1, 0.15) is 55.7 Å². The maximum atomic E-state index is 13.1. The number of hydrogen-bond donors (Lipinski definition) is 2. The highest BCUT2D eigenvalue weighted by atomic mass is 32.2. The van der Waals surface area contributed by atoms with Crippen LogP contribution in [0.25, 0.3) is 21.5 Å². The summed E-state index contributed by atoms with van der Waals surface area (Å²) in [7, 11) is -2.54. The lowest BCUT2D eigenvalue weighted by molar-refractivity contribution is -0.143. The summed E-state index contributed by atoms with van der Waals surface area (Å²) in [5.41, 5.74) is 1.86. The van der Waals surface area contributed by atoms with Crippen LogP contribution in [0.5, 0.6) is 0 Å². The highest BCUT2D eigenvalue weighted by Crippen LogP contribution is 2.37. The van der Waals surface area contributed by atoms with E-state index < -0.39 is 21.9 Å². The van der Waals surface area contributed by atoms with Crippen molar-refractivity contribution in [3.05, 3.63) is 59.9 Å². The van der Waals surface area contributed by atoms with Gasteiger partial charge in [0.05, 0.1) is 4.88 Å². The largest absolute Gasteiger partial charge is 0.433 e. The Morgan fingerprint density at radius 2 is 1.78 bits per heavy atom. The van der Waals surface area contributed by atoms with Crippen LogP contribution >= 0.6 is 11.3 Å². The van der Waals surface area contributed by atoms with Crippen molar-refractivity contribution in [1.82, 2.24) is 24.4 Å². The first-order chi connectivity index (χ1) is 19.6. The SMILES string of the molecule is Cn1nc(-c2ccc(S(=O)(=O)NC3CCC(CN4CCC(c5c[nH]c6ccccc56)CC4)CC3)s2)cc1C(F)(F)F. The van der Waals surface area contributed by atoms with Crippen LogP contribution in [0.2, 0.25) is 0 Å². The fourth-order valence-electron chi connectivity index (χ4n) is 6.42. The van der Waals surface area contributed by atoms with Gasteiger partial charge in [-0.05, 0) is 93.3 Å². The smallest absolute Gasteiger partial charge is 0.361 e. The van der Waals surface area contributed by atoms with Crippen molar-refractivity contribution < 1.29 is 21.6 Å². The average molecular weight is 606 g/mol. The maximum absolute atomic E-state index is 13.1. The van der Waals surface area contributed by atoms with Crippen LogP contribution in [0, 0.1) is 5.92 Å². The molecule has 1 aromatic carbocycles. The minimum Gasteiger partial charge on any atom is -0.361 e. The third-order valence-corrected chi connectivity index (χ3v) is 11.7. The monoisotopic (exact) mass is 605 g/mol. The van der Waals surface area contributed by atoms with Crippen LogP contribution in [0.4, 0.5) is 13.2 Å². The lowest BCUT2D eigenvalue weighted by Crippen LogP contribution is -2.41. The van der Waals surface area contributed by atoms with Gasteiger partial charge in [0.25, 0.3) is 0 Å². The van der Waals surface area contributed by atoms with E-state index in [9.17, 15) is 21.6 Å². The Morgan fingerprint density at radius 3 is 2.49 bits per heavy atom. The van der Waals surface area contributed by atoms with Crippen molar-refractivity contribution in [2.75, 3.05) is 19.6 Å². The van der Waals surface area contributed by atoms with Crippen LogP contribution in [-0.4, -0.2) is 53.8 Å². The molecule has 4 heterocycles. The molecule has 1 saturated carbocycles. The third-order valence-electron chi connectivity index (χ3n) is 8.60. The van der Waals surface area contributed by atoms with Gasteiger partial charge < -0.3 is 9.88 Å². The Labute approximate surface area is 241 Å². The molecular formula is C29H34F3N5O2S2. The normalized spacial score (nSPS) is 21.6. The molecule has 41 heavy (non-hydrogen) atoms. The Hall–Kier alpha value is -2.67. The highest BCUT2D eigenvalue weighted by Gasteiger charge is 2.35. The molecule has 3 aromatic heterocycles. The summed E-state index contributed by atoms with van der Waals surface area (Å²) in [5.74, 6) is 1.13. The summed E-state index contributed by atoms with van der Waals surface area (Å²) in [4.78, 5) is 6.35. The zero-order valence-electron chi connectivity index (χ0n) is 22.8. The maximum Gasteiger partial charge on any atom is 0.433 e. The molecule has 2 N–H and O–H groups in total. The number of piperidine rings is 1. The molecule has 6 rings (SSSR count). The van der Waals surface area contributed by atoms with E-state index in [1.54, 1.807) is 0 Å². The van der Waals surface area contributed by atoms with E-state index in [0.29, 0.717) is 16.7 Å². The first kappa shape index (κ1) is 28.4. The number of likely N-dealkylation sites (tertiary alicyclic amines) is 1. The molecule has 0 atom stereocenters. The number of aryl methyl sites for hydroxylation is 1. The van der Waals surface area contributed by atoms with Gasteiger partial charge in [-0.2, -0.15) is 18.3 Å². The summed E-state index contributed by atoms with van der Waals surface area (Å²) in [5, 5.41) is 5.26. The number of para-hydroxylation sites is 1. The van der Waals surface area contributed by atoms with Gasteiger partial charge in [0, 0.05) is 36.7 Å². The zero-order chi connectivity index (χ0) is 28.8. The van der Waals surface area contributed by atoms with Crippen molar-refractivity contribution in [3.8, 4) is 10.6 Å². The second-order valence-corrected chi connectivity index (χ2v) is 14.4. The molecule has 220 valence electrons. The molecule has 0 unspecified atom stereocenters. The van der Waals surface area contributed by atoms with Crippen molar-refractivity contribution in [3.63, 3.8) is 0 Å². The van der Waals surface area contributed by atoms with Crippen LogP contribution < -0.4 is 4.72 Å². The molecule has 0 radical (unpaired) electrons. The molecule has 12 heteroatoms. The molecule has 1 saturated heterocycles. The molecule has 2 aliphatic rings. The molecule has 4 aromatic rings. The number of aromatic amines is 1. The second-order valence-electron chi connectivity index (χ2n) is 11.4. The number of nitrogens with one attached hydrogen (secondary N) is 2. The molecule has 7 nitrogen and oxygen atoms in total. The van der Waals surface area contributed by atoms with E-state index in [4.69, 9.17) is 0 Å². The number of thiophene rings is 1. The Bertz CT molecular complexity index is 1610. The molecule has 1 aliphatic heterocycles.